The number of nitrogens with zero attached hydrogens (tertiary/aromatic N) is 2. The number of hydrogen-bond donors (Lipinski definition) is 1. The van der Waals surface area contributed by atoms with Gasteiger partial charge in [-0.2, -0.15) is 0 Å². The fraction of sp³-hybridized carbons (Fsp3) is 0.0769. The van der Waals surface area contributed by atoms with Gasteiger partial charge in [-0.05, 0) is 18.2 Å². The summed E-state index contributed by atoms with van der Waals surface area (Å²) in [6, 6.07) is 8.48. The molecule has 1 N–H and O–H groups in total. The molecule has 28 heavy (non-hydrogen) atoms. The summed E-state index contributed by atoms with van der Waals surface area (Å²) in [6.45, 7) is 0. The van der Waals surface area contributed by atoms with Gasteiger partial charge in [0.1, 0.15) is 5.75 Å². The molecule has 2 aromatic carbocycles. The van der Waals surface area contributed by atoms with Crippen LogP contribution in [0.5, 0.6) is 5.75 Å². The van der Waals surface area contributed by atoms with E-state index in [0.717, 1.165) is 36.4 Å². The molecular formula is C13H11N3NaO9PS. The molecule has 2 rings (SSSR count). The van der Waals surface area contributed by atoms with Gasteiger partial charge in [-0.3, -0.25) is 24.8 Å². The Morgan fingerprint density at radius 3 is 2.11 bits per heavy atom. The maximum Gasteiger partial charge on any atom is 1.00 e. The molecular weight excluding hydrogens is 428 g/mol. The third-order valence-electron chi connectivity index (χ3n) is 3.09. The number of nitro groups is 2. The molecule has 0 spiro atoms. The standard InChI is InChI=1S/C13H12N3O9PS.Na/c17-15(18)10-5-7-11(8-6-10)25-26(21,22)9-14-27(23,24)13-4-2-1-3-12(13)16(19)20;/h1-8,14H,9H2,(H,21,22);/q;+1/p-1. The van der Waals surface area contributed by atoms with E-state index in [9.17, 15) is 38.1 Å². The smallest absolute Gasteiger partial charge is 0.768 e. The van der Waals surface area contributed by atoms with Crippen LogP contribution in [-0.2, 0) is 14.6 Å². The van der Waals surface area contributed by atoms with Gasteiger partial charge in [0.2, 0.25) is 10.0 Å². The molecule has 0 bridgehead atoms. The van der Waals surface area contributed by atoms with E-state index in [1.807, 2.05) is 0 Å². The normalized spacial score (nSPS) is 13.0. The third-order valence-corrected chi connectivity index (χ3v) is 5.79. The summed E-state index contributed by atoms with van der Waals surface area (Å²) in [7, 11) is -9.30. The Bertz CT molecular complexity index is 1030. The number of nitro benzene ring substituents is 2. The summed E-state index contributed by atoms with van der Waals surface area (Å²) in [5.74, 6) is -0.260. The van der Waals surface area contributed by atoms with Crippen LogP contribution in [0.15, 0.2) is 53.4 Å². The summed E-state index contributed by atoms with van der Waals surface area (Å²) < 4.78 is 42.6. The molecule has 0 saturated heterocycles. The van der Waals surface area contributed by atoms with E-state index in [-0.39, 0.29) is 41.0 Å². The van der Waals surface area contributed by atoms with Crippen LogP contribution in [0, 0.1) is 20.2 Å². The number of benzene rings is 2. The summed E-state index contributed by atoms with van der Waals surface area (Å²) in [5.41, 5.74) is -1.01. The molecule has 15 heteroatoms. The van der Waals surface area contributed by atoms with Crippen LogP contribution in [0.4, 0.5) is 11.4 Å². The molecule has 0 saturated carbocycles. The van der Waals surface area contributed by atoms with Crippen LogP contribution in [0.1, 0.15) is 0 Å². The van der Waals surface area contributed by atoms with Gasteiger partial charge in [-0.25, -0.2) is 13.1 Å². The molecule has 0 aliphatic rings. The maximum atomic E-state index is 12.2. The Hall–Kier alpha value is -1.86. The minimum absolute atomic E-state index is 0. The largest absolute Gasteiger partial charge is 1.00 e. The van der Waals surface area contributed by atoms with E-state index >= 15 is 0 Å². The zero-order valence-corrected chi connectivity index (χ0v) is 18.0. The Balaban J connectivity index is 0.00000392. The van der Waals surface area contributed by atoms with Crippen LogP contribution >= 0.6 is 7.60 Å². The second-order valence-corrected chi connectivity index (χ2v) is 8.44. The van der Waals surface area contributed by atoms with E-state index in [0.29, 0.717) is 0 Å². The van der Waals surface area contributed by atoms with Gasteiger partial charge in [0, 0.05) is 18.2 Å². The Morgan fingerprint density at radius 1 is 1.00 bits per heavy atom. The summed E-state index contributed by atoms with van der Waals surface area (Å²) in [6.07, 6.45) is -1.18. The zero-order chi connectivity index (χ0) is 20.2. The van der Waals surface area contributed by atoms with E-state index in [2.05, 4.69) is 4.52 Å². The third kappa shape index (κ3) is 6.34. The second-order valence-electron chi connectivity index (χ2n) is 4.98. The summed E-state index contributed by atoms with van der Waals surface area (Å²) >= 11 is 0. The minimum Gasteiger partial charge on any atom is -0.768 e. The first-order valence-corrected chi connectivity index (χ1v) is 10.2. The van der Waals surface area contributed by atoms with Crippen LogP contribution in [-0.4, -0.2) is 24.6 Å². The first kappa shape index (κ1) is 24.2. The van der Waals surface area contributed by atoms with Crippen LogP contribution in [0.3, 0.4) is 0 Å². The number of non-ortho nitro benzene ring substituents is 1. The first-order valence-electron chi connectivity index (χ1n) is 6.99. The van der Waals surface area contributed by atoms with Crippen molar-refractivity contribution in [1.29, 1.82) is 0 Å². The molecule has 0 radical (unpaired) electrons. The summed E-state index contributed by atoms with van der Waals surface area (Å²) in [5, 5.41) is 21.5. The molecule has 0 fully saturated rings. The zero-order valence-electron chi connectivity index (χ0n) is 14.3. The van der Waals surface area contributed by atoms with Crippen molar-refractivity contribution in [3.63, 3.8) is 0 Å². The number of hydrogen-bond acceptors (Lipinski definition) is 9. The average Bonchev–Trinajstić information content (AvgIpc) is 2.60. The predicted molar refractivity (Wildman–Crippen MR) is 89.6 cm³/mol. The quantitative estimate of drug-likeness (QED) is 0.219. The Morgan fingerprint density at radius 2 is 1.57 bits per heavy atom. The number of nitrogens with one attached hydrogen (secondary N) is 1. The van der Waals surface area contributed by atoms with Crippen LogP contribution in [0.25, 0.3) is 0 Å². The topological polar surface area (TPSA) is 182 Å². The molecule has 1 unspecified atom stereocenters. The second kappa shape index (κ2) is 9.56. The molecule has 0 aromatic heterocycles. The number of para-hydroxylation sites is 1. The minimum atomic E-state index is -4.79. The fourth-order valence-electron chi connectivity index (χ4n) is 1.90. The molecule has 0 aliphatic carbocycles. The van der Waals surface area contributed by atoms with Gasteiger partial charge in [0.15, 0.2) is 12.5 Å². The number of rotatable bonds is 8. The van der Waals surface area contributed by atoms with Gasteiger partial charge in [-0.1, -0.05) is 12.1 Å². The number of sulfonamides is 1. The van der Waals surface area contributed by atoms with Crippen molar-refractivity contribution in [2.24, 2.45) is 0 Å². The molecule has 0 aliphatic heterocycles. The van der Waals surface area contributed by atoms with Crippen molar-refractivity contribution < 1.29 is 61.8 Å². The monoisotopic (exact) mass is 439 g/mol. The molecule has 144 valence electrons. The van der Waals surface area contributed by atoms with Gasteiger partial charge in [-0.15, -0.1) is 0 Å². The van der Waals surface area contributed by atoms with E-state index < -0.39 is 44.3 Å². The predicted octanol–water partition coefficient (Wildman–Crippen LogP) is -1.62. The Kier molecular flexibility index (Phi) is 8.26. The van der Waals surface area contributed by atoms with Crippen molar-refractivity contribution in [2.75, 3.05) is 6.29 Å². The van der Waals surface area contributed by atoms with Crippen molar-refractivity contribution in [2.45, 2.75) is 4.90 Å². The van der Waals surface area contributed by atoms with Crippen molar-refractivity contribution in [3.8, 4) is 5.75 Å². The molecule has 0 amide bonds. The van der Waals surface area contributed by atoms with Crippen molar-refractivity contribution in [3.05, 3.63) is 68.8 Å². The maximum absolute atomic E-state index is 12.2. The van der Waals surface area contributed by atoms with Crippen molar-refractivity contribution in [1.82, 2.24) is 4.72 Å². The Labute approximate surface area is 180 Å². The average molecular weight is 439 g/mol. The van der Waals surface area contributed by atoms with Gasteiger partial charge < -0.3 is 9.42 Å². The van der Waals surface area contributed by atoms with Gasteiger partial charge in [0.25, 0.3) is 11.4 Å². The molecule has 1 atom stereocenters. The first-order chi connectivity index (χ1) is 12.5. The SMILES string of the molecule is O=[N+]([O-])c1ccc(OP(=O)([O-])CNS(=O)(=O)c2ccccc2[N+](=O)[O-])cc1.[Na+]. The van der Waals surface area contributed by atoms with Gasteiger partial charge >= 0.3 is 29.6 Å². The van der Waals surface area contributed by atoms with Crippen LogP contribution in [0.2, 0.25) is 0 Å². The molecule has 12 nitrogen and oxygen atoms in total. The van der Waals surface area contributed by atoms with Gasteiger partial charge in [0.05, 0.1) is 16.1 Å². The van der Waals surface area contributed by atoms with E-state index in [1.54, 1.807) is 4.72 Å². The fourth-order valence-corrected chi connectivity index (χ4v) is 4.55. The van der Waals surface area contributed by atoms with Crippen LogP contribution < -0.4 is 43.7 Å². The molecule has 2 aromatic rings. The summed E-state index contributed by atoms with van der Waals surface area (Å²) in [4.78, 5) is 31.1. The molecule has 0 heterocycles. The van der Waals surface area contributed by atoms with E-state index in [4.69, 9.17) is 0 Å². The van der Waals surface area contributed by atoms with E-state index in [1.165, 1.54) is 12.1 Å². The van der Waals surface area contributed by atoms with Crippen molar-refractivity contribution >= 4 is 29.0 Å².